The van der Waals surface area contributed by atoms with Gasteiger partial charge in [0.25, 0.3) is 0 Å². The van der Waals surface area contributed by atoms with Gasteiger partial charge in [-0.3, -0.25) is 0 Å². The molecule has 0 N–H and O–H groups in total. The highest BCUT2D eigenvalue weighted by Crippen LogP contribution is 2.33. The fourth-order valence-electron chi connectivity index (χ4n) is 2.29. The summed E-state index contributed by atoms with van der Waals surface area (Å²) in [6.07, 6.45) is 1.74. The van der Waals surface area contributed by atoms with E-state index in [4.69, 9.17) is 32.7 Å². The van der Waals surface area contributed by atoms with Crippen LogP contribution in [0.1, 0.15) is 24.0 Å². The Hall–Kier alpha value is -0.280. The van der Waals surface area contributed by atoms with Gasteiger partial charge >= 0.3 is 0 Å². The molecule has 0 radical (unpaired) electrons. The van der Waals surface area contributed by atoms with E-state index in [1.165, 1.54) is 11.1 Å². The van der Waals surface area contributed by atoms with Crippen molar-refractivity contribution >= 4 is 23.2 Å². The second-order valence-corrected chi connectivity index (χ2v) is 5.61. The van der Waals surface area contributed by atoms with Crippen LogP contribution in [0.3, 0.4) is 0 Å². The molecular formula is C16H24Cl2O2. The fourth-order valence-corrected chi connectivity index (χ4v) is 3.13. The van der Waals surface area contributed by atoms with E-state index in [1.54, 1.807) is 7.11 Å². The largest absolute Gasteiger partial charge is 0.385 e. The van der Waals surface area contributed by atoms with Crippen molar-refractivity contribution < 1.29 is 9.47 Å². The molecule has 1 aromatic rings. The lowest BCUT2D eigenvalue weighted by Crippen LogP contribution is -2.33. The quantitative estimate of drug-likeness (QED) is 0.476. The molecule has 0 saturated carbocycles. The molecule has 114 valence electrons. The number of rotatable bonds is 10. The van der Waals surface area contributed by atoms with Gasteiger partial charge in [-0.1, -0.05) is 24.3 Å². The van der Waals surface area contributed by atoms with Crippen LogP contribution in [0.15, 0.2) is 24.3 Å². The number of hydrogen-bond donors (Lipinski definition) is 0. The molecule has 0 aliphatic heterocycles. The number of alkyl halides is 2. The van der Waals surface area contributed by atoms with Gasteiger partial charge in [0, 0.05) is 44.1 Å². The third-order valence-corrected chi connectivity index (χ3v) is 4.61. The van der Waals surface area contributed by atoms with Gasteiger partial charge in [-0.15, -0.1) is 23.2 Å². The molecule has 0 heterocycles. The van der Waals surface area contributed by atoms with Crippen molar-refractivity contribution in [3.8, 4) is 0 Å². The van der Waals surface area contributed by atoms with E-state index in [-0.39, 0.29) is 5.41 Å². The number of ether oxygens (including phenoxy) is 2. The van der Waals surface area contributed by atoms with Crippen LogP contribution < -0.4 is 0 Å². The number of benzene rings is 1. The Kier molecular flexibility index (Phi) is 8.55. The van der Waals surface area contributed by atoms with Gasteiger partial charge in [0.2, 0.25) is 0 Å². The third kappa shape index (κ3) is 4.92. The van der Waals surface area contributed by atoms with E-state index in [9.17, 15) is 0 Å². The zero-order chi connectivity index (χ0) is 14.8. The van der Waals surface area contributed by atoms with Crippen molar-refractivity contribution in [3.05, 3.63) is 35.4 Å². The number of methoxy groups -OCH3 is 1. The van der Waals surface area contributed by atoms with Crippen LogP contribution in [0.25, 0.3) is 0 Å². The Morgan fingerprint density at radius 2 is 1.75 bits per heavy atom. The molecule has 0 atom stereocenters. The first kappa shape index (κ1) is 17.8. The van der Waals surface area contributed by atoms with Crippen LogP contribution in [0.2, 0.25) is 0 Å². The maximum Gasteiger partial charge on any atom is 0.0487 e. The van der Waals surface area contributed by atoms with Gasteiger partial charge < -0.3 is 9.47 Å². The Morgan fingerprint density at radius 3 is 2.35 bits per heavy atom. The predicted octanol–water partition coefficient (Wildman–Crippen LogP) is 4.15. The molecule has 0 spiro atoms. The molecule has 1 aromatic carbocycles. The van der Waals surface area contributed by atoms with Crippen LogP contribution in [-0.2, 0) is 14.9 Å². The minimum Gasteiger partial charge on any atom is -0.385 e. The molecule has 1 rings (SSSR count). The predicted molar refractivity (Wildman–Crippen MR) is 86.2 cm³/mol. The molecule has 0 fully saturated rings. The standard InChI is InChI=1S/C16H24Cl2O2/c1-14-6-3-4-7-15(14)16(12-17,13-18)8-11-20-10-5-9-19-2/h3-4,6-7H,5,8-13H2,1-2H3. The Morgan fingerprint density at radius 1 is 1.05 bits per heavy atom. The zero-order valence-electron chi connectivity index (χ0n) is 12.3. The number of halogens is 2. The zero-order valence-corrected chi connectivity index (χ0v) is 13.8. The summed E-state index contributed by atoms with van der Waals surface area (Å²) in [5.74, 6) is 1.01. The Labute approximate surface area is 132 Å². The van der Waals surface area contributed by atoms with Gasteiger partial charge in [0.15, 0.2) is 0 Å². The number of aryl methyl sites for hydroxylation is 1. The lowest BCUT2D eigenvalue weighted by Gasteiger charge is -2.31. The summed E-state index contributed by atoms with van der Waals surface area (Å²) in [6.45, 7) is 4.20. The summed E-state index contributed by atoms with van der Waals surface area (Å²) in [5.41, 5.74) is 2.24. The van der Waals surface area contributed by atoms with E-state index in [2.05, 4.69) is 19.1 Å². The summed E-state index contributed by atoms with van der Waals surface area (Å²) < 4.78 is 10.7. The second-order valence-electron chi connectivity index (χ2n) is 5.07. The molecule has 2 nitrogen and oxygen atoms in total. The first-order valence-corrected chi connectivity index (χ1v) is 8.02. The van der Waals surface area contributed by atoms with E-state index >= 15 is 0 Å². The van der Waals surface area contributed by atoms with E-state index < -0.39 is 0 Å². The Balaban J connectivity index is 2.61. The maximum atomic E-state index is 6.23. The molecule has 0 aliphatic rings. The summed E-state index contributed by atoms with van der Waals surface area (Å²) in [4.78, 5) is 0. The van der Waals surface area contributed by atoms with Crippen molar-refractivity contribution in [2.24, 2.45) is 0 Å². The van der Waals surface area contributed by atoms with Crippen LogP contribution in [0, 0.1) is 6.92 Å². The maximum absolute atomic E-state index is 6.23. The monoisotopic (exact) mass is 318 g/mol. The normalized spacial score (nSPS) is 11.8. The van der Waals surface area contributed by atoms with Crippen molar-refractivity contribution in [2.45, 2.75) is 25.2 Å². The fraction of sp³-hybridized carbons (Fsp3) is 0.625. The first-order valence-electron chi connectivity index (χ1n) is 6.95. The first-order chi connectivity index (χ1) is 9.70. The minimum atomic E-state index is -0.213. The second kappa shape index (κ2) is 9.62. The molecular weight excluding hydrogens is 295 g/mol. The van der Waals surface area contributed by atoms with Crippen LogP contribution in [-0.4, -0.2) is 38.7 Å². The van der Waals surface area contributed by atoms with Gasteiger partial charge in [-0.2, -0.15) is 0 Å². The number of hydrogen-bond acceptors (Lipinski definition) is 2. The van der Waals surface area contributed by atoms with Crippen molar-refractivity contribution in [1.82, 2.24) is 0 Å². The summed E-state index contributed by atoms with van der Waals surface area (Å²) in [5, 5.41) is 0. The third-order valence-electron chi connectivity index (χ3n) is 3.59. The van der Waals surface area contributed by atoms with Gasteiger partial charge in [0.05, 0.1) is 0 Å². The lowest BCUT2D eigenvalue weighted by molar-refractivity contribution is 0.0930. The van der Waals surface area contributed by atoms with Crippen molar-refractivity contribution in [2.75, 3.05) is 38.7 Å². The van der Waals surface area contributed by atoms with Gasteiger partial charge in [0.1, 0.15) is 0 Å². The lowest BCUT2D eigenvalue weighted by atomic mass is 9.79. The van der Waals surface area contributed by atoms with Gasteiger partial charge in [-0.25, -0.2) is 0 Å². The summed E-state index contributed by atoms with van der Waals surface area (Å²) in [7, 11) is 1.70. The topological polar surface area (TPSA) is 18.5 Å². The highest BCUT2D eigenvalue weighted by Gasteiger charge is 2.31. The smallest absolute Gasteiger partial charge is 0.0487 e. The molecule has 4 heteroatoms. The van der Waals surface area contributed by atoms with Crippen molar-refractivity contribution in [1.29, 1.82) is 0 Å². The van der Waals surface area contributed by atoms with E-state index in [0.29, 0.717) is 25.0 Å². The molecule has 20 heavy (non-hydrogen) atoms. The SMILES string of the molecule is COCCCOCCC(CCl)(CCl)c1ccccc1C. The van der Waals surface area contributed by atoms with Crippen LogP contribution in [0.4, 0.5) is 0 Å². The molecule has 0 aliphatic carbocycles. The molecule has 0 bridgehead atoms. The average Bonchev–Trinajstić information content (AvgIpc) is 2.48. The van der Waals surface area contributed by atoms with E-state index in [1.807, 2.05) is 12.1 Å². The molecule has 0 amide bonds. The van der Waals surface area contributed by atoms with Crippen LogP contribution >= 0.6 is 23.2 Å². The van der Waals surface area contributed by atoms with Crippen LogP contribution in [0.5, 0.6) is 0 Å². The molecule has 0 unspecified atom stereocenters. The highest BCUT2D eigenvalue weighted by molar-refractivity contribution is 6.22. The average molecular weight is 319 g/mol. The van der Waals surface area contributed by atoms with E-state index in [0.717, 1.165) is 19.4 Å². The summed E-state index contributed by atoms with van der Waals surface area (Å²) in [6, 6.07) is 8.29. The summed E-state index contributed by atoms with van der Waals surface area (Å²) >= 11 is 12.5. The van der Waals surface area contributed by atoms with Gasteiger partial charge in [-0.05, 0) is 30.9 Å². The van der Waals surface area contributed by atoms with Crippen molar-refractivity contribution in [3.63, 3.8) is 0 Å². The highest BCUT2D eigenvalue weighted by atomic mass is 35.5. The molecule has 0 saturated heterocycles. The Bertz CT molecular complexity index is 378. The minimum absolute atomic E-state index is 0.213. The molecule has 0 aromatic heterocycles.